The van der Waals surface area contributed by atoms with Crippen molar-refractivity contribution in [3.05, 3.63) is 22.0 Å². The third kappa shape index (κ3) is 2.52. The Labute approximate surface area is 117 Å². The summed E-state index contributed by atoms with van der Waals surface area (Å²) in [5, 5.41) is 15.2. The highest BCUT2D eigenvalue weighted by Crippen LogP contribution is 2.27. The van der Waals surface area contributed by atoms with E-state index >= 15 is 0 Å². The van der Waals surface area contributed by atoms with Gasteiger partial charge in [0.05, 0.1) is 4.92 Å². The van der Waals surface area contributed by atoms with Crippen LogP contribution < -0.4 is 0 Å². The van der Waals surface area contributed by atoms with Gasteiger partial charge in [-0.3, -0.25) is 19.6 Å². The molecule has 2 heterocycles. The van der Waals surface area contributed by atoms with Crippen molar-refractivity contribution in [3.8, 4) is 0 Å². The van der Waals surface area contributed by atoms with Crippen LogP contribution in [0.3, 0.4) is 0 Å². The molecule has 1 fully saturated rings. The normalized spacial score (nSPS) is 22.9. The molecule has 110 valence electrons. The van der Waals surface area contributed by atoms with Crippen molar-refractivity contribution in [2.45, 2.75) is 58.7 Å². The van der Waals surface area contributed by atoms with E-state index in [-0.39, 0.29) is 29.4 Å². The number of piperidine rings is 1. The first-order valence-electron chi connectivity index (χ1n) is 7.00. The van der Waals surface area contributed by atoms with Gasteiger partial charge in [0.15, 0.2) is 0 Å². The van der Waals surface area contributed by atoms with Gasteiger partial charge in [0.25, 0.3) is 5.91 Å². The fraction of sp³-hybridized carbons (Fsp3) is 0.692. The minimum Gasteiger partial charge on any atom is -0.332 e. The fourth-order valence-corrected chi connectivity index (χ4v) is 2.80. The highest BCUT2D eigenvalue weighted by atomic mass is 16.6. The topological polar surface area (TPSA) is 81.3 Å². The number of amides is 1. The molecule has 1 aromatic heterocycles. The van der Waals surface area contributed by atoms with Gasteiger partial charge in [-0.1, -0.05) is 0 Å². The largest absolute Gasteiger partial charge is 0.332 e. The monoisotopic (exact) mass is 280 g/mol. The first kappa shape index (κ1) is 14.5. The molecule has 1 aromatic rings. The van der Waals surface area contributed by atoms with Crippen LogP contribution in [-0.2, 0) is 6.54 Å². The van der Waals surface area contributed by atoms with E-state index in [4.69, 9.17) is 0 Å². The summed E-state index contributed by atoms with van der Waals surface area (Å²) < 4.78 is 1.44. The predicted octanol–water partition coefficient (Wildman–Crippen LogP) is 2.21. The van der Waals surface area contributed by atoms with Crippen molar-refractivity contribution in [2.24, 2.45) is 0 Å². The van der Waals surface area contributed by atoms with Crippen molar-refractivity contribution in [1.82, 2.24) is 14.7 Å². The Balaban J connectivity index is 2.37. The molecule has 0 N–H and O–H groups in total. The smallest absolute Gasteiger partial charge is 0.320 e. The summed E-state index contributed by atoms with van der Waals surface area (Å²) in [7, 11) is 0. The first-order chi connectivity index (χ1) is 9.45. The lowest BCUT2D eigenvalue weighted by Crippen LogP contribution is -2.47. The summed E-state index contributed by atoms with van der Waals surface area (Å²) in [6, 6.07) is 0.190. The SMILES string of the molecule is CCn1cc([N+](=O)[O-])c(C(=O)N2[C@@H](C)CCC[C@@H]2C)n1. The van der Waals surface area contributed by atoms with Gasteiger partial charge in [-0.25, -0.2) is 0 Å². The molecule has 0 spiro atoms. The van der Waals surface area contributed by atoms with E-state index in [2.05, 4.69) is 5.10 Å². The Kier molecular flexibility index (Phi) is 4.06. The number of nitrogens with zero attached hydrogens (tertiary/aromatic N) is 4. The molecule has 1 aliphatic heterocycles. The maximum absolute atomic E-state index is 12.6. The summed E-state index contributed by atoms with van der Waals surface area (Å²) in [4.78, 5) is 24.9. The Bertz CT molecular complexity index is 516. The van der Waals surface area contributed by atoms with Crippen LogP contribution in [0, 0.1) is 10.1 Å². The number of likely N-dealkylation sites (tertiary alicyclic amines) is 1. The van der Waals surface area contributed by atoms with E-state index in [0.29, 0.717) is 6.54 Å². The molecule has 20 heavy (non-hydrogen) atoms. The van der Waals surface area contributed by atoms with Gasteiger partial charge in [-0.15, -0.1) is 0 Å². The average molecular weight is 280 g/mol. The van der Waals surface area contributed by atoms with E-state index in [0.717, 1.165) is 19.3 Å². The number of carbonyl (C=O) groups excluding carboxylic acids is 1. The highest BCUT2D eigenvalue weighted by molar-refractivity contribution is 5.96. The van der Waals surface area contributed by atoms with Crippen molar-refractivity contribution in [1.29, 1.82) is 0 Å². The summed E-state index contributed by atoms with van der Waals surface area (Å²) in [6.07, 6.45) is 4.26. The fourth-order valence-electron chi connectivity index (χ4n) is 2.80. The number of nitro groups is 1. The number of aromatic nitrogens is 2. The Hall–Kier alpha value is -1.92. The van der Waals surface area contributed by atoms with Gasteiger partial charge >= 0.3 is 5.69 Å². The van der Waals surface area contributed by atoms with Crippen molar-refractivity contribution in [3.63, 3.8) is 0 Å². The summed E-state index contributed by atoms with van der Waals surface area (Å²) in [5.74, 6) is -0.330. The maximum atomic E-state index is 12.6. The molecule has 2 rings (SSSR count). The standard InChI is InChI=1S/C13H20N4O3/c1-4-15-8-11(17(19)20)12(14-15)13(18)16-9(2)6-5-7-10(16)3/h8-10H,4-7H2,1-3H3/t9-,10-/m0/s1. The minimum absolute atomic E-state index is 0.0440. The molecule has 7 heteroatoms. The number of rotatable bonds is 3. The molecule has 0 saturated carbocycles. The van der Waals surface area contributed by atoms with E-state index in [1.54, 1.807) is 4.90 Å². The zero-order valence-corrected chi connectivity index (χ0v) is 12.1. The Morgan fingerprint density at radius 1 is 1.45 bits per heavy atom. The van der Waals surface area contributed by atoms with Crippen LogP contribution in [-0.4, -0.2) is 37.6 Å². The first-order valence-corrected chi connectivity index (χ1v) is 7.00. The summed E-state index contributed by atoms with van der Waals surface area (Å²) >= 11 is 0. The molecule has 1 saturated heterocycles. The summed E-state index contributed by atoms with van der Waals surface area (Å²) in [6.45, 7) is 6.29. The molecule has 0 radical (unpaired) electrons. The lowest BCUT2D eigenvalue weighted by Gasteiger charge is -2.38. The van der Waals surface area contributed by atoms with Crippen LogP contribution in [0.5, 0.6) is 0 Å². The molecule has 0 unspecified atom stereocenters. The highest BCUT2D eigenvalue weighted by Gasteiger charge is 2.35. The van der Waals surface area contributed by atoms with Crippen LogP contribution in [0.2, 0.25) is 0 Å². The average Bonchev–Trinajstić information content (AvgIpc) is 2.82. The second kappa shape index (κ2) is 5.60. The molecule has 0 bridgehead atoms. The van der Waals surface area contributed by atoms with Gasteiger partial charge in [-0.2, -0.15) is 5.10 Å². The van der Waals surface area contributed by atoms with E-state index in [1.807, 2.05) is 20.8 Å². The van der Waals surface area contributed by atoms with Gasteiger partial charge in [0.1, 0.15) is 6.20 Å². The number of aryl methyl sites for hydroxylation is 1. The third-order valence-corrected chi connectivity index (χ3v) is 3.89. The number of hydrogen-bond donors (Lipinski definition) is 0. The second-order valence-electron chi connectivity index (χ2n) is 5.32. The minimum atomic E-state index is -0.536. The van der Waals surface area contributed by atoms with E-state index in [1.165, 1.54) is 10.9 Å². The van der Waals surface area contributed by atoms with Gasteiger partial charge < -0.3 is 4.90 Å². The zero-order valence-electron chi connectivity index (χ0n) is 12.1. The number of hydrogen-bond acceptors (Lipinski definition) is 4. The van der Waals surface area contributed by atoms with Crippen molar-refractivity contribution >= 4 is 11.6 Å². The predicted molar refractivity (Wildman–Crippen MR) is 73.5 cm³/mol. The third-order valence-electron chi connectivity index (χ3n) is 3.89. The number of carbonyl (C=O) groups is 1. The lowest BCUT2D eigenvalue weighted by molar-refractivity contribution is -0.385. The van der Waals surface area contributed by atoms with E-state index < -0.39 is 4.92 Å². The summed E-state index contributed by atoms with van der Waals surface area (Å²) in [5.41, 5.74) is -0.251. The Morgan fingerprint density at radius 3 is 2.55 bits per heavy atom. The molecule has 0 aliphatic carbocycles. The molecule has 1 aliphatic rings. The zero-order chi connectivity index (χ0) is 14.9. The molecular weight excluding hydrogens is 260 g/mol. The van der Waals surface area contributed by atoms with Gasteiger partial charge in [0, 0.05) is 18.6 Å². The van der Waals surface area contributed by atoms with Crippen LogP contribution in [0.1, 0.15) is 50.5 Å². The molecule has 2 atom stereocenters. The van der Waals surface area contributed by atoms with Crippen LogP contribution in [0.25, 0.3) is 0 Å². The van der Waals surface area contributed by atoms with Gasteiger partial charge in [0.2, 0.25) is 5.69 Å². The van der Waals surface area contributed by atoms with Crippen LogP contribution in [0.4, 0.5) is 5.69 Å². The van der Waals surface area contributed by atoms with Crippen molar-refractivity contribution in [2.75, 3.05) is 0 Å². The van der Waals surface area contributed by atoms with Crippen LogP contribution in [0.15, 0.2) is 6.20 Å². The molecule has 7 nitrogen and oxygen atoms in total. The lowest BCUT2D eigenvalue weighted by atomic mass is 9.97. The molecule has 1 amide bonds. The second-order valence-corrected chi connectivity index (χ2v) is 5.32. The van der Waals surface area contributed by atoms with E-state index in [9.17, 15) is 14.9 Å². The molecule has 0 aromatic carbocycles. The Morgan fingerprint density at radius 2 is 2.05 bits per heavy atom. The molecular formula is C13H20N4O3. The quantitative estimate of drug-likeness (QED) is 0.628. The maximum Gasteiger partial charge on any atom is 0.320 e. The van der Waals surface area contributed by atoms with Crippen LogP contribution >= 0.6 is 0 Å². The van der Waals surface area contributed by atoms with Gasteiger partial charge in [-0.05, 0) is 40.0 Å². The van der Waals surface area contributed by atoms with Crippen molar-refractivity contribution < 1.29 is 9.72 Å².